The van der Waals surface area contributed by atoms with Crippen molar-refractivity contribution in [2.75, 3.05) is 10.6 Å². The molecule has 6 rings (SSSR count). The number of hydrogen-bond acceptors (Lipinski definition) is 10. The van der Waals surface area contributed by atoms with Gasteiger partial charge in [0.25, 0.3) is 0 Å². The van der Waals surface area contributed by atoms with Crippen LogP contribution in [0.3, 0.4) is 0 Å². The maximum absolute atomic E-state index is 11.7. The van der Waals surface area contributed by atoms with E-state index in [0.717, 1.165) is 49.4 Å². The molecular weight excluding hydrogens is 514 g/mol. The molecule has 2 aliphatic rings. The average Bonchev–Trinajstić information content (AvgIpc) is 3.64. The lowest BCUT2D eigenvalue weighted by Gasteiger charge is -2.32. The van der Waals surface area contributed by atoms with Gasteiger partial charge in [-0.3, -0.25) is 9.51 Å². The van der Waals surface area contributed by atoms with E-state index in [4.69, 9.17) is 19.5 Å². The highest BCUT2D eigenvalue weighted by Crippen LogP contribution is 2.36. The average molecular weight is 550 g/mol. The van der Waals surface area contributed by atoms with Crippen LogP contribution in [0.25, 0.3) is 22.8 Å². The summed E-state index contributed by atoms with van der Waals surface area (Å²) in [4.78, 5) is 33.3. The predicted octanol–water partition coefficient (Wildman–Crippen LogP) is 5.39. The number of nitrogens with one attached hydrogen (secondary N) is 3. The van der Waals surface area contributed by atoms with E-state index in [0.29, 0.717) is 29.2 Å². The topological polar surface area (TPSA) is 139 Å². The van der Waals surface area contributed by atoms with Crippen LogP contribution in [0.5, 0.6) is 0 Å². The Morgan fingerprint density at radius 1 is 1.18 bits per heavy atom. The highest BCUT2D eigenvalue weighted by Gasteiger charge is 2.29. The first kappa shape index (κ1) is 25.7. The lowest BCUT2D eigenvalue weighted by Crippen LogP contribution is -2.31. The number of imidazole rings is 1. The number of thiazole rings is 1. The van der Waals surface area contributed by atoms with E-state index in [2.05, 4.69) is 56.8 Å². The van der Waals surface area contributed by atoms with Crippen LogP contribution in [0.4, 0.5) is 11.8 Å². The molecule has 2 saturated carbocycles. The third kappa shape index (κ3) is 5.34. The minimum absolute atomic E-state index is 0.0343. The molecule has 0 aliphatic heterocycles. The Balaban J connectivity index is 1.44. The Morgan fingerprint density at radius 2 is 2.00 bits per heavy atom. The lowest BCUT2D eigenvalue weighted by atomic mass is 9.80. The van der Waals surface area contributed by atoms with Gasteiger partial charge in [-0.15, -0.1) is 17.9 Å². The highest BCUT2D eigenvalue weighted by molar-refractivity contribution is 7.07. The molecule has 0 spiro atoms. The monoisotopic (exact) mass is 549 g/mol. The molecule has 39 heavy (non-hydrogen) atoms. The maximum atomic E-state index is 11.7. The van der Waals surface area contributed by atoms with E-state index >= 15 is 0 Å². The first-order chi connectivity index (χ1) is 19.0. The number of H-pyrrole nitrogens is 1. The third-order valence-electron chi connectivity index (χ3n) is 8.38. The van der Waals surface area contributed by atoms with Crippen molar-refractivity contribution >= 4 is 34.3 Å². The van der Waals surface area contributed by atoms with Crippen LogP contribution in [0.1, 0.15) is 70.5 Å². The Kier molecular flexibility index (Phi) is 7.20. The van der Waals surface area contributed by atoms with Crippen molar-refractivity contribution in [3.8, 4) is 11.6 Å². The fourth-order valence-electron chi connectivity index (χ4n) is 5.70. The zero-order valence-electron chi connectivity index (χ0n) is 22.4. The van der Waals surface area contributed by atoms with Crippen LogP contribution in [0.15, 0.2) is 32.9 Å². The SMILES string of the molecule is C=CC1CCC(Cn2c(NC(C)c3cscn3)nc3nc(-c4noc(=O)[nH]4)nc(NC(C)C4CCC4)c32)CC1. The van der Waals surface area contributed by atoms with Crippen LogP contribution in [0.2, 0.25) is 0 Å². The molecule has 2 fully saturated rings. The van der Waals surface area contributed by atoms with Crippen molar-refractivity contribution in [1.82, 2.24) is 34.6 Å². The number of fused-ring (bicyclic) bond motifs is 1. The largest absolute Gasteiger partial charge is 0.439 e. The van der Waals surface area contributed by atoms with Gasteiger partial charge in [0, 0.05) is 18.0 Å². The number of aromatic amines is 1. The van der Waals surface area contributed by atoms with E-state index in [9.17, 15) is 4.79 Å². The molecule has 0 bridgehead atoms. The second-order valence-corrected chi connectivity index (χ2v) is 11.7. The van der Waals surface area contributed by atoms with E-state index in [1.165, 1.54) is 19.3 Å². The molecule has 2 atom stereocenters. The van der Waals surface area contributed by atoms with Gasteiger partial charge in [0.05, 0.1) is 17.2 Å². The summed E-state index contributed by atoms with van der Waals surface area (Å²) in [6, 6.07) is 0.200. The van der Waals surface area contributed by atoms with Gasteiger partial charge in [0.2, 0.25) is 17.6 Å². The number of rotatable bonds is 10. The molecule has 11 nitrogen and oxygen atoms in total. The Hall–Kier alpha value is -3.54. The van der Waals surface area contributed by atoms with E-state index in [1.54, 1.807) is 11.3 Å². The van der Waals surface area contributed by atoms with Crippen LogP contribution in [0, 0.1) is 17.8 Å². The van der Waals surface area contributed by atoms with Crippen molar-refractivity contribution in [2.45, 2.75) is 77.4 Å². The minimum Gasteiger partial charge on any atom is -0.365 e. The highest BCUT2D eigenvalue weighted by atomic mass is 32.1. The van der Waals surface area contributed by atoms with Gasteiger partial charge < -0.3 is 15.2 Å². The molecule has 0 aromatic carbocycles. The van der Waals surface area contributed by atoms with Gasteiger partial charge in [-0.1, -0.05) is 17.7 Å². The standard InChI is InChI=1S/C27H35N9O2S/c1-4-17-8-10-18(11-9-17)12-36-21-22(29-15(2)19-6-5-7-19)31-24(25-34-27(37)38-35-25)32-23(21)33-26(36)30-16(3)20-13-39-14-28-20/h4,13-19H,1,5-12H2,2-3H3,(H,34,35,37)(H2,29,30,31,32,33). The van der Waals surface area contributed by atoms with Gasteiger partial charge in [-0.05, 0) is 70.1 Å². The number of allylic oxidation sites excluding steroid dienone is 1. The van der Waals surface area contributed by atoms with Crippen molar-refractivity contribution in [2.24, 2.45) is 17.8 Å². The zero-order chi connectivity index (χ0) is 26.9. The van der Waals surface area contributed by atoms with Gasteiger partial charge >= 0.3 is 5.76 Å². The van der Waals surface area contributed by atoms with E-state index in [-0.39, 0.29) is 23.7 Å². The first-order valence-electron chi connectivity index (χ1n) is 13.9. The van der Waals surface area contributed by atoms with Crippen molar-refractivity contribution in [3.63, 3.8) is 0 Å². The Labute approximate surface area is 230 Å². The summed E-state index contributed by atoms with van der Waals surface area (Å²) >= 11 is 1.58. The summed E-state index contributed by atoms with van der Waals surface area (Å²) in [6.07, 6.45) is 10.3. The Bertz CT molecular complexity index is 1480. The van der Waals surface area contributed by atoms with Gasteiger partial charge in [0.1, 0.15) is 5.52 Å². The molecule has 2 aliphatic carbocycles. The molecule has 0 radical (unpaired) electrons. The second-order valence-electron chi connectivity index (χ2n) is 11.0. The smallest absolute Gasteiger partial charge is 0.365 e. The molecule has 206 valence electrons. The molecule has 2 unspecified atom stereocenters. The molecule has 4 aromatic heterocycles. The fourth-order valence-corrected chi connectivity index (χ4v) is 6.35. The first-order valence-corrected chi connectivity index (χ1v) is 14.8. The number of anilines is 2. The van der Waals surface area contributed by atoms with Crippen molar-refractivity contribution < 1.29 is 4.52 Å². The van der Waals surface area contributed by atoms with Crippen LogP contribution in [-0.2, 0) is 6.54 Å². The van der Waals surface area contributed by atoms with Crippen molar-refractivity contribution in [3.05, 3.63) is 39.8 Å². The predicted molar refractivity (Wildman–Crippen MR) is 152 cm³/mol. The number of nitrogens with zero attached hydrogens (tertiary/aromatic N) is 6. The normalized spacial score (nSPS) is 21.4. The van der Waals surface area contributed by atoms with E-state index in [1.807, 2.05) is 10.9 Å². The zero-order valence-corrected chi connectivity index (χ0v) is 23.2. The van der Waals surface area contributed by atoms with Crippen molar-refractivity contribution in [1.29, 1.82) is 0 Å². The summed E-state index contributed by atoms with van der Waals surface area (Å²) in [5.41, 5.74) is 4.21. The minimum atomic E-state index is -0.647. The molecule has 12 heteroatoms. The summed E-state index contributed by atoms with van der Waals surface area (Å²) in [5, 5.41) is 13.2. The third-order valence-corrected chi connectivity index (χ3v) is 8.99. The fraction of sp³-hybridized carbons (Fsp3) is 0.556. The van der Waals surface area contributed by atoms with Crippen LogP contribution >= 0.6 is 11.3 Å². The Morgan fingerprint density at radius 3 is 2.64 bits per heavy atom. The summed E-state index contributed by atoms with van der Waals surface area (Å²) in [7, 11) is 0. The molecule has 4 heterocycles. The summed E-state index contributed by atoms with van der Waals surface area (Å²) in [6.45, 7) is 9.11. The molecular formula is C27H35N9O2S. The van der Waals surface area contributed by atoms with Crippen LogP contribution in [-0.4, -0.2) is 40.7 Å². The van der Waals surface area contributed by atoms with Gasteiger partial charge in [-0.2, -0.15) is 4.98 Å². The molecule has 4 aromatic rings. The lowest BCUT2D eigenvalue weighted by molar-refractivity contribution is 0.283. The summed E-state index contributed by atoms with van der Waals surface area (Å²) < 4.78 is 6.98. The summed E-state index contributed by atoms with van der Waals surface area (Å²) in [5.74, 6) is 2.94. The van der Waals surface area contributed by atoms with Gasteiger partial charge in [0.15, 0.2) is 11.5 Å². The van der Waals surface area contributed by atoms with E-state index < -0.39 is 5.76 Å². The van der Waals surface area contributed by atoms with Gasteiger partial charge in [-0.25, -0.2) is 19.7 Å². The number of aromatic nitrogens is 7. The quantitative estimate of drug-likeness (QED) is 0.222. The van der Waals surface area contributed by atoms with Crippen LogP contribution < -0.4 is 16.4 Å². The molecule has 0 saturated heterocycles. The second kappa shape index (κ2) is 10.9. The molecule has 0 amide bonds. The number of hydrogen-bond donors (Lipinski definition) is 3. The maximum Gasteiger partial charge on any atom is 0.439 e. The molecule has 3 N–H and O–H groups in total.